The summed E-state index contributed by atoms with van der Waals surface area (Å²) in [7, 11) is 0. The third-order valence-corrected chi connectivity index (χ3v) is 5.36. The normalized spacial score (nSPS) is 14.3. The summed E-state index contributed by atoms with van der Waals surface area (Å²) in [6.07, 6.45) is 7.32. The maximum atomic E-state index is 12.8. The minimum atomic E-state index is -0.222. The third kappa shape index (κ3) is 3.46. The molecule has 4 rings (SSSR count). The lowest BCUT2D eigenvalue weighted by atomic mass is 10.2. The molecule has 1 aromatic carbocycles. The first-order valence-corrected chi connectivity index (χ1v) is 9.65. The van der Waals surface area contributed by atoms with Gasteiger partial charge in [0.15, 0.2) is 0 Å². The van der Waals surface area contributed by atoms with Crippen molar-refractivity contribution in [1.29, 1.82) is 0 Å². The highest BCUT2D eigenvalue weighted by atomic mass is 32.1. The molecule has 0 saturated heterocycles. The van der Waals surface area contributed by atoms with Crippen LogP contribution in [0.3, 0.4) is 0 Å². The van der Waals surface area contributed by atoms with Gasteiger partial charge in [0.2, 0.25) is 5.91 Å². The molecule has 132 valence electrons. The van der Waals surface area contributed by atoms with Crippen molar-refractivity contribution < 1.29 is 4.79 Å². The molecule has 0 unspecified atom stereocenters. The molecule has 26 heavy (non-hydrogen) atoms. The number of aromatic nitrogens is 2. The number of nitrogens with zero attached hydrogens (tertiary/aromatic N) is 2. The summed E-state index contributed by atoms with van der Waals surface area (Å²) in [6, 6.07) is 9.21. The Balaban J connectivity index is 1.62. The van der Waals surface area contributed by atoms with Gasteiger partial charge in [-0.15, -0.1) is 11.3 Å². The van der Waals surface area contributed by atoms with E-state index in [-0.39, 0.29) is 11.5 Å². The Hall–Kier alpha value is -2.73. The number of carbonyl (C=O) groups is 1. The first-order valence-electron chi connectivity index (χ1n) is 8.77. The van der Waals surface area contributed by atoms with Gasteiger partial charge in [0, 0.05) is 29.6 Å². The van der Waals surface area contributed by atoms with Gasteiger partial charge in [-0.05, 0) is 48.6 Å². The number of aryl methyl sites for hydroxylation is 1. The lowest BCUT2D eigenvalue weighted by Gasteiger charge is -2.11. The van der Waals surface area contributed by atoms with Crippen LogP contribution in [0.25, 0.3) is 17.0 Å². The lowest BCUT2D eigenvalue weighted by molar-refractivity contribution is -0.111. The largest absolute Gasteiger partial charge is 0.322 e. The van der Waals surface area contributed by atoms with E-state index in [0.717, 1.165) is 42.9 Å². The van der Waals surface area contributed by atoms with Crippen molar-refractivity contribution in [2.24, 2.45) is 0 Å². The molecule has 5 nitrogen and oxygen atoms in total. The summed E-state index contributed by atoms with van der Waals surface area (Å²) in [5, 5.41) is 5.33. The monoisotopic (exact) mass is 365 g/mol. The molecule has 0 saturated carbocycles. The van der Waals surface area contributed by atoms with E-state index in [9.17, 15) is 9.59 Å². The molecule has 3 heterocycles. The molecular formula is C20H19N3O2S. The van der Waals surface area contributed by atoms with Crippen molar-refractivity contribution in [1.82, 2.24) is 9.55 Å². The maximum absolute atomic E-state index is 12.8. The summed E-state index contributed by atoms with van der Waals surface area (Å²) >= 11 is 1.57. The Morgan fingerprint density at radius 2 is 2.15 bits per heavy atom. The molecule has 1 aliphatic rings. The molecule has 6 heteroatoms. The number of thiophene rings is 1. The Labute approximate surface area is 155 Å². The first-order chi connectivity index (χ1) is 12.7. The third-order valence-electron chi connectivity index (χ3n) is 4.52. The van der Waals surface area contributed by atoms with E-state index in [4.69, 9.17) is 0 Å². The molecule has 1 aliphatic heterocycles. The molecular weight excluding hydrogens is 346 g/mol. The number of benzene rings is 1. The van der Waals surface area contributed by atoms with Crippen LogP contribution < -0.4 is 10.9 Å². The second kappa shape index (κ2) is 7.25. The molecule has 0 atom stereocenters. The van der Waals surface area contributed by atoms with E-state index in [1.165, 1.54) is 6.08 Å². The fraction of sp³-hybridized carbons (Fsp3) is 0.250. The van der Waals surface area contributed by atoms with Gasteiger partial charge in [-0.2, -0.15) is 0 Å². The second-order valence-corrected chi connectivity index (χ2v) is 7.34. The second-order valence-electron chi connectivity index (χ2n) is 6.37. The van der Waals surface area contributed by atoms with E-state index in [0.29, 0.717) is 16.6 Å². The van der Waals surface area contributed by atoms with Crippen molar-refractivity contribution in [3.8, 4) is 0 Å². The van der Waals surface area contributed by atoms with Crippen molar-refractivity contribution in [2.75, 3.05) is 5.32 Å². The Kier molecular flexibility index (Phi) is 4.67. The van der Waals surface area contributed by atoms with Gasteiger partial charge in [0.1, 0.15) is 5.82 Å². The van der Waals surface area contributed by atoms with Gasteiger partial charge < -0.3 is 5.32 Å². The van der Waals surface area contributed by atoms with Crippen molar-refractivity contribution >= 4 is 39.9 Å². The number of rotatable bonds is 3. The smallest absolute Gasteiger partial charge is 0.261 e. The van der Waals surface area contributed by atoms with Gasteiger partial charge >= 0.3 is 0 Å². The highest BCUT2D eigenvalue weighted by Crippen LogP contribution is 2.18. The molecule has 0 bridgehead atoms. The minimum absolute atomic E-state index is 0.0165. The van der Waals surface area contributed by atoms with Gasteiger partial charge in [0.05, 0.1) is 10.9 Å². The zero-order chi connectivity index (χ0) is 17.9. The molecule has 3 aromatic rings. The molecule has 0 spiro atoms. The molecule has 1 amide bonds. The Morgan fingerprint density at radius 3 is 3.00 bits per heavy atom. The Morgan fingerprint density at radius 1 is 1.23 bits per heavy atom. The number of amides is 1. The summed E-state index contributed by atoms with van der Waals surface area (Å²) in [5.74, 6) is 0.649. The van der Waals surface area contributed by atoms with Gasteiger partial charge in [0.25, 0.3) is 5.56 Å². The number of fused-ring (bicyclic) bond motifs is 2. The summed E-state index contributed by atoms with van der Waals surface area (Å²) < 4.78 is 1.79. The van der Waals surface area contributed by atoms with Crippen molar-refractivity contribution in [3.05, 3.63) is 62.8 Å². The summed E-state index contributed by atoms with van der Waals surface area (Å²) in [6.45, 7) is 0.719. The zero-order valence-electron chi connectivity index (χ0n) is 14.3. The van der Waals surface area contributed by atoms with Gasteiger partial charge in [-0.3, -0.25) is 14.2 Å². The summed E-state index contributed by atoms with van der Waals surface area (Å²) in [5.41, 5.74) is 1.28. The van der Waals surface area contributed by atoms with E-state index in [1.54, 1.807) is 40.2 Å². The van der Waals surface area contributed by atoms with Crippen LogP contribution in [0.4, 0.5) is 5.69 Å². The van der Waals surface area contributed by atoms with Crippen LogP contribution >= 0.6 is 11.3 Å². The number of hydrogen-bond acceptors (Lipinski definition) is 4. The predicted molar refractivity (Wildman–Crippen MR) is 106 cm³/mol. The number of nitrogens with one attached hydrogen (secondary N) is 1. The van der Waals surface area contributed by atoms with Crippen LogP contribution in [0.1, 0.15) is 30.0 Å². The topological polar surface area (TPSA) is 64.0 Å². The maximum Gasteiger partial charge on any atom is 0.261 e. The average molecular weight is 365 g/mol. The highest BCUT2D eigenvalue weighted by molar-refractivity contribution is 7.10. The quantitative estimate of drug-likeness (QED) is 0.717. The number of anilines is 1. The van der Waals surface area contributed by atoms with Crippen molar-refractivity contribution in [2.45, 2.75) is 32.2 Å². The molecule has 1 N–H and O–H groups in total. The first kappa shape index (κ1) is 16.7. The fourth-order valence-electron chi connectivity index (χ4n) is 3.22. The molecule has 0 fully saturated rings. The van der Waals surface area contributed by atoms with E-state index in [1.807, 2.05) is 17.5 Å². The standard InChI is InChI=1S/C20H19N3O2S/c24-19(10-8-15-5-4-12-26-15)21-14-7-9-17-16(13-14)20(25)23-11-3-1-2-6-18(23)22-17/h4-5,7-10,12-13H,1-3,6,11H2,(H,21,24)/b10-8+. The average Bonchev–Trinajstić information content (AvgIpc) is 3.05. The van der Waals surface area contributed by atoms with E-state index >= 15 is 0 Å². The van der Waals surface area contributed by atoms with Gasteiger partial charge in [-0.1, -0.05) is 12.5 Å². The fourth-order valence-corrected chi connectivity index (χ4v) is 3.84. The number of hydrogen-bond donors (Lipinski definition) is 1. The van der Waals surface area contributed by atoms with E-state index < -0.39 is 0 Å². The van der Waals surface area contributed by atoms with E-state index in [2.05, 4.69) is 10.3 Å². The molecule has 0 aliphatic carbocycles. The predicted octanol–water partition coefficient (Wildman–Crippen LogP) is 3.84. The Bertz CT molecular complexity index is 1040. The van der Waals surface area contributed by atoms with Crippen LogP contribution in [-0.2, 0) is 17.8 Å². The van der Waals surface area contributed by atoms with Gasteiger partial charge in [-0.25, -0.2) is 4.98 Å². The van der Waals surface area contributed by atoms with Crippen LogP contribution in [-0.4, -0.2) is 15.5 Å². The SMILES string of the molecule is O=C(/C=C/c1cccs1)Nc1ccc2nc3n(c(=O)c2c1)CCCCC3. The summed E-state index contributed by atoms with van der Waals surface area (Å²) in [4.78, 5) is 30.6. The zero-order valence-corrected chi connectivity index (χ0v) is 15.1. The van der Waals surface area contributed by atoms with Crippen molar-refractivity contribution in [3.63, 3.8) is 0 Å². The highest BCUT2D eigenvalue weighted by Gasteiger charge is 2.14. The van der Waals surface area contributed by atoms with Crippen LogP contribution in [0.5, 0.6) is 0 Å². The van der Waals surface area contributed by atoms with Crippen LogP contribution in [0, 0.1) is 0 Å². The number of carbonyl (C=O) groups excluding carboxylic acids is 1. The minimum Gasteiger partial charge on any atom is -0.322 e. The lowest BCUT2D eigenvalue weighted by Crippen LogP contribution is -2.24. The van der Waals surface area contributed by atoms with Crippen LogP contribution in [0.2, 0.25) is 0 Å². The van der Waals surface area contributed by atoms with Crippen LogP contribution in [0.15, 0.2) is 46.6 Å². The molecule has 2 aromatic heterocycles. The molecule has 0 radical (unpaired) electrons.